The van der Waals surface area contributed by atoms with Crippen LogP contribution in [0.2, 0.25) is 0 Å². The molecule has 1 atom stereocenters. The highest BCUT2D eigenvalue weighted by molar-refractivity contribution is 7.98. The van der Waals surface area contributed by atoms with E-state index < -0.39 is 28.8 Å². The SMILES string of the molecule is CSCCC1Nc2c(cc3c(=O)c(C(=O)O)cn(C4CC4)c3c2F)NC1=O. The summed E-state index contributed by atoms with van der Waals surface area (Å²) in [6, 6.07) is 0.789. The first kappa shape index (κ1) is 17.8. The third kappa shape index (κ3) is 2.95. The van der Waals surface area contributed by atoms with Crippen molar-refractivity contribution in [2.75, 3.05) is 22.6 Å². The second-order valence-electron chi connectivity index (χ2n) is 6.79. The fourth-order valence-electron chi connectivity index (χ4n) is 3.40. The molecule has 0 spiro atoms. The summed E-state index contributed by atoms with van der Waals surface area (Å²) in [5, 5.41) is 14.9. The number of pyridine rings is 1. The average Bonchev–Trinajstić information content (AvgIpc) is 3.46. The molecule has 1 aliphatic heterocycles. The van der Waals surface area contributed by atoms with Gasteiger partial charge in [0.25, 0.3) is 0 Å². The number of rotatable bonds is 5. The zero-order chi connectivity index (χ0) is 19.3. The standard InChI is InChI=1S/C18H18FN3O4S/c1-27-5-4-11-17(24)21-12-6-9-15(13(19)14(12)20-11)22(8-2-3-8)7-10(16(9)23)18(25)26/h6-8,11,20H,2-5H2,1H3,(H,21,24)(H,25,26). The number of hydrogen-bond donors (Lipinski definition) is 3. The predicted octanol–water partition coefficient (Wildman–Crippen LogP) is 2.66. The Morgan fingerprint density at radius 3 is 2.78 bits per heavy atom. The van der Waals surface area contributed by atoms with E-state index in [0.717, 1.165) is 18.6 Å². The number of carboxylic acids is 1. The second kappa shape index (κ2) is 6.56. The highest BCUT2D eigenvalue weighted by atomic mass is 32.2. The summed E-state index contributed by atoms with van der Waals surface area (Å²) in [5.41, 5.74) is -0.771. The molecule has 2 aliphatic rings. The molecule has 1 aromatic carbocycles. The lowest BCUT2D eigenvalue weighted by Crippen LogP contribution is -2.40. The number of benzene rings is 1. The van der Waals surface area contributed by atoms with Crippen molar-refractivity contribution in [3.8, 4) is 0 Å². The van der Waals surface area contributed by atoms with E-state index in [1.54, 1.807) is 16.3 Å². The summed E-state index contributed by atoms with van der Waals surface area (Å²) in [7, 11) is 0. The van der Waals surface area contributed by atoms with Crippen LogP contribution in [0.4, 0.5) is 15.8 Å². The molecule has 142 valence electrons. The molecular weight excluding hydrogens is 373 g/mol. The first-order chi connectivity index (χ1) is 12.9. The molecule has 0 bridgehead atoms. The molecule has 1 amide bonds. The Bertz CT molecular complexity index is 1030. The van der Waals surface area contributed by atoms with Gasteiger partial charge in [-0.25, -0.2) is 9.18 Å². The van der Waals surface area contributed by atoms with Crippen LogP contribution in [0.25, 0.3) is 10.9 Å². The second-order valence-corrected chi connectivity index (χ2v) is 7.78. The van der Waals surface area contributed by atoms with Gasteiger partial charge in [-0.2, -0.15) is 11.8 Å². The van der Waals surface area contributed by atoms with Crippen molar-refractivity contribution >= 4 is 45.9 Å². The molecule has 1 saturated carbocycles. The number of aromatic nitrogens is 1. The molecule has 1 aromatic heterocycles. The number of amides is 1. The maximum atomic E-state index is 15.4. The Morgan fingerprint density at radius 2 is 2.15 bits per heavy atom. The van der Waals surface area contributed by atoms with Gasteiger partial charge in [0.15, 0.2) is 5.82 Å². The average molecular weight is 391 g/mol. The van der Waals surface area contributed by atoms with Crippen molar-refractivity contribution in [2.45, 2.75) is 31.3 Å². The van der Waals surface area contributed by atoms with Crippen molar-refractivity contribution < 1.29 is 19.1 Å². The largest absolute Gasteiger partial charge is 0.477 e. The minimum Gasteiger partial charge on any atom is -0.477 e. The summed E-state index contributed by atoms with van der Waals surface area (Å²) >= 11 is 1.59. The number of aromatic carboxylic acids is 1. The van der Waals surface area contributed by atoms with Crippen LogP contribution in [-0.4, -0.2) is 39.6 Å². The van der Waals surface area contributed by atoms with E-state index in [4.69, 9.17) is 0 Å². The normalized spacial score (nSPS) is 18.7. The number of hydrogen-bond acceptors (Lipinski definition) is 5. The lowest BCUT2D eigenvalue weighted by molar-refractivity contribution is -0.117. The number of nitrogens with one attached hydrogen (secondary N) is 2. The van der Waals surface area contributed by atoms with Crippen molar-refractivity contribution in [3.63, 3.8) is 0 Å². The van der Waals surface area contributed by atoms with Crippen LogP contribution in [-0.2, 0) is 4.79 Å². The van der Waals surface area contributed by atoms with Gasteiger partial charge in [-0.15, -0.1) is 0 Å². The van der Waals surface area contributed by atoms with E-state index in [1.807, 2.05) is 6.26 Å². The Hall–Kier alpha value is -2.55. The molecule has 2 heterocycles. The van der Waals surface area contributed by atoms with Gasteiger partial charge < -0.3 is 20.3 Å². The van der Waals surface area contributed by atoms with Crippen LogP contribution >= 0.6 is 11.8 Å². The van der Waals surface area contributed by atoms with Crippen LogP contribution in [0.15, 0.2) is 17.1 Å². The maximum Gasteiger partial charge on any atom is 0.341 e. The molecule has 1 aliphatic carbocycles. The Morgan fingerprint density at radius 1 is 1.41 bits per heavy atom. The number of carboxylic acid groups (broad SMARTS) is 1. The molecule has 4 rings (SSSR count). The minimum absolute atomic E-state index is 0.0239. The van der Waals surface area contributed by atoms with Crippen molar-refractivity contribution in [3.05, 3.63) is 33.9 Å². The fourth-order valence-corrected chi connectivity index (χ4v) is 3.88. The Kier molecular flexibility index (Phi) is 4.33. The number of thioether (sulfide) groups is 1. The summed E-state index contributed by atoms with van der Waals surface area (Å²) in [6.45, 7) is 0. The predicted molar refractivity (Wildman–Crippen MR) is 102 cm³/mol. The topological polar surface area (TPSA) is 100 Å². The minimum atomic E-state index is -1.35. The first-order valence-corrected chi connectivity index (χ1v) is 10.0. The van der Waals surface area contributed by atoms with Gasteiger partial charge >= 0.3 is 5.97 Å². The van der Waals surface area contributed by atoms with Gasteiger partial charge in [-0.05, 0) is 37.3 Å². The molecule has 7 nitrogen and oxygen atoms in total. The van der Waals surface area contributed by atoms with E-state index in [1.165, 1.54) is 12.3 Å². The molecule has 3 N–H and O–H groups in total. The molecular formula is C18H18FN3O4S. The summed E-state index contributed by atoms with van der Waals surface area (Å²) in [4.78, 5) is 36.3. The van der Waals surface area contributed by atoms with Gasteiger partial charge in [0.1, 0.15) is 11.6 Å². The van der Waals surface area contributed by atoms with Crippen LogP contribution in [0, 0.1) is 5.82 Å². The van der Waals surface area contributed by atoms with E-state index in [-0.39, 0.29) is 34.2 Å². The molecule has 1 fully saturated rings. The molecule has 27 heavy (non-hydrogen) atoms. The van der Waals surface area contributed by atoms with Crippen LogP contribution in [0.5, 0.6) is 0 Å². The Labute approximate surface area is 157 Å². The molecule has 0 radical (unpaired) electrons. The zero-order valence-electron chi connectivity index (χ0n) is 14.5. The van der Waals surface area contributed by atoms with E-state index in [9.17, 15) is 19.5 Å². The Balaban J connectivity index is 1.93. The monoisotopic (exact) mass is 391 g/mol. The lowest BCUT2D eigenvalue weighted by atomic mass is 10.0. The fraction of sp³-hybridized carbons (Fsp3) is 0.389. The van der Waals surface area contributed by atoms with Crippen molar-refractivity contribution in [1.82, 2.24) is 4.57 Å². The summed E-state index contributed by atoms with van der Waals surface area (Å²) < 4.78 is 17.0. The number of carbonyl (C=O) groups is 2. The number of nitrogens with zero attached hydrogens (tertiary/aromatic N) is 1. The number of anilines is 2. The quantitative estimate of drug-likeness (QED) is 0.725. The van der Waals surface area contributed by atoms with E-state index >= 15 is 4.39 Å². The number of halogens is 1. The smallest absolute Gasteiger partial charge is 0.341 e. The van der Waals surface area contributed by atoms with Crippen LogP contribution in [0.3, 0.4) is 0 Å². The van der Waals surface area contributed by atoms with E-state index in [2.05, 4.69) is 10.6 Å². The molecule has 1 unspecified atom stereocenters. The van der Waals surface area contributed by atoms with Crippen LogP contribution < -0.4 is 16.1 Å². The van der Waals surface area contributed by atoms with Gasteiger partial charge in [-0.3, -0.25) is 9.59 Å². The number of carbonyl (C=O) groups excluding carboxylic acids is 1. The molecule has 0 saturated heterocycles. The van der Waals surface area contributed by atoms with Crippen LogP contribution in [0.1, 0.15) is 35.7 Å². The van der Waals surface area contributed by atoms with Crippen molar-refractivity contribution in [2.24, 2.45) is 0 Å². The van der Waals surface area contributed by atoms with Gasteiger partial charge in [0.2, 0.25) is 11.3 Å². The third-order valence-corrected chi connectivity index (χ3v) is 5.57. The van der Waals surface area contributed by atoms with Gasteiger partial charge in [0.05, 0.1) is 22.3 Å². The third-order valence-electron chi connectivity index (χ3n) is 4.93. The highest BCUT2D eigenvalue weighted by Gasteiger charge is 2.33. The zero-order valence-corrected chi connectivity index (χ0v) is 15.4. The summed E-state index contributed by atoms with van der Waals surface area (Å²) in [6.07, 6.45) is 5.29. The molecule has 9 heteroatoms. The van der Waals surface area contributed by atoms with Gasteiger partial charge in [0, 0.05) is 12.2 Å². The lowest BCUT2D eigenvalue weighted by Gasteiger charge is -2.28. The van der Waals surface area contributed by atoms with Gasteiger partial charge in [-0.1, -0.05) is 0 Å². The summed E-state index contributed by atoms with van der Waals surface area (Å²) in [5.74, 6) is -1.55. The molecule has 2 aromatic rings. The van der Waals surface area contributed by atoms with E-state index in [0.29, 0.717) is 6.42 Å². The maximum absolute atomic E-state index is 15.4. The van der Waals surface area contributed by atoms with Crippen molar-refractivity contribution in [1.29, 1.82) is 0 Å². The first-order valence-electron chi connectivity index (χ1n) is 8.63. The number of fused-ring (bicyclic) bond motifs is 2. The highest BCUT2D eigenvalue weighted by Crippen LogP contribution is 2.41.